The lowest BCUT2D eigenvalue weighted by molar-refractivity contribution is 0.350. The highest BCUT2D eigenvalue weighted by Gasteiger charge is 2.62. The molecule has 0 aromatic heterocycles. The fraction of sp³-hybridized carbons (Fsp3) is 1.00. The van der Waals surface area contributed by atoms with Gasteiger partial charge in [0.2, 0.25) is 10.0 Å². The Balaban J connectivity index is 1.91. The van der Waals surface area contributed by atoms with Gasteiger partial charge in [-0.05, 0) is 38.0 Å². The summed E-state index contributed by atoms with van der Waals surface area (Å²) in [5.74, 6) is 0.596. The summed E-state index contributed by atoms with van der Waals surface area (Å²) >= 11 is 0. The molecule has 14 heavy (non-hydrogen) atoms. The first-order valence-corrected chi connectivity index (χ1v) is 7.09. The molecule has 1 unspecified atom stereocenters. The maximum absolute atomic E-state index is 12.1. The van der Waals surface area contributed by atoms with Gasteiger partial charge in [0, 0.05) is 12.1 Å². The average Bonchev–Trinajstić information content (AvgIpc) is 2.96. The predicted molar refractivity (Wildman–Crippen MR) is 54.4 cm³/mol. The third kappa shape index (κ3) is 1.04. The SMILES string of the molecule is C[C@@H]1CC12CCCN2S(=O)(=O)C1CC1. The fourth-order valence-corrected chi connectivity index (χ4v) is 5.30. The van der Waals surface area contributed by atoms with E-state index in [2.05, 4.69) is 6.92 Å². The smallest absolute Gasteiger partial charge is 0.212 e. The lowest BCUT2D eigenvalue weighted by Gasteiger charge is -2.24. The van der Waals surface area contributed by atoms with Gasteiger partial charge < -0.3 is 0 Å². The molecule has 2 saturated carbocycles. The van der Waals surface area contributed by atoms with Crippen molar-refractivity contribution in [2.45, 2.75) is 49.8 Å². The van der Waals surface area contributed by atoms with Crippen LogP contribution < -0.4 is 0 Å². The van der Waals surface area contributed by atoms with E-state index in [0.717, 1.165) is 38.6 Å². The molecule has 0 bridgehead atoms. The molecule has 1 aliphatic heterocycles. The van der Waals surface area contributed by atoms with Crippen molar-refractivity contribution in [2.75, 3.05) is 6.54 Å². The number of sulfonamides is 1. The first-order chi connectivity index (χ1) is 6.57. The Labute approximate surface area is 85.5 Å². The zero-order valence-electron chi connectivity index (χ0n) is 8.57. The van der Waals surface area contributed by atoms with E-state index in [0.29, 0.717) is 5.92 Å². The highest BCUT2D eigenvalue weighted by molar-refractivity contribution is 7.90. The normalized spacial score (nSPS) is 43.4. The van der Waals surface area contributed by atoms with E-state index in [1.54, 1.807) is 0 Å². The molecule has 0 aromatic carbocycles. The average molecular weight is 215 g/mol. The van der Waals surface area contributed by atoms with Crippen molar-refractivity contribution in [3.63, 3.8) is 0 Å². The maximum atomic E-state index is 12.1. The molecule has 4 heteroatoms. The van der Waals surface area contributed by atoms with E-state index in [9.17, 15) is 8.42 Å². The molecule has 3 nitrogen and oxygen atoms in total. The van der Waals surface area contributed by atoms with E-state index in [4.69, 9.17) is 0 Å². The summed E-state index contributed by atoms with van der Waals surface area (Å²) in [7, 11) is -2.91. The van der Waals surface area contributed by atoms with Crippen molar-refractivity contribution >= 4 is 10.0 Å². The summed E-state index contributed by atoms with van der Waals surface area (Å²) < 4.78 is 26.1. The van der Waals surface area contributed by atoms with Gasteiger partial charge in [0.15, 0.2) is 0 Å². The third-order valence-electron chi connectivity index (χ3n) is 4.14. The summed E-state index contributed by atoms with van der Waals surface area (Å²) in [6.45, 7) is 2.96. The Hall–Kier alpha value is -0.0900. The number of nitrogens with zero attached hydrogens (tertiary/aromatic N) is 1. The highest BCUT2D eigenvalue weighted by atomic mass is 32.2. The van der Waals surface area contributed by atoms with Crippen LogP contribution in [-0.4, -0.2) is 30.1 Å². The van der Waals surface area contributed by atoms with Gasteiger partial charge in [-0.1, -0.05) is 6.92 Å². The van der Waals surface area contributed by atoms with Crippen LogP contribution in [0.3, 0.4) is 0 Å². The number of hydrogen-bond acceptors (Lipinski definition) is 2. The van der Waals surface area contributed by atoms with Gasteiger partial charge in [0.25, 0.3) is 0 Å². The second kappa shape index (κ2) is 2.53. The van der Waals surface area contributed by atoms with Gasteiger partial charge in [-0.2, -0.15) is 4.31 Å². The monoisotopic (exact) mass is 215 g/mol. The third-order valence-corrected chi connectivity index (χ3v) is 6.61. The molecule has 1 spiro atoms. The standard InChI is InChI=1S/C10H17NO2S/c1-8-7-10(8)5-2-6-11(10)14(12,13)9-3-4-9/h8-9H,2-7H2,1H3/t8-,10?/m1/s1. The van der Waals surface area contributed by atoms with Crippen LogP contribution in [0.1, 0.15) is 39.0 Å². The Morgan fingerprint density at radius 3 is 2.50 bits per heavy atom. The summed E-state index contributed by atoms with van der Waals surface area (Å²) in [4.78, 5) is 0. The Morgan fingerprint density at radius 1 is 1.36 bits per heavy atom. The van der Waals surface area contributed by atoms with Crippen LogP contribution in [0.5, 0.6) is 0 Å². The second-order valence-corrected chi connectivity index (χ2v) is 7.27. The highest BCUT2D eigenvalue weighted by Crippen LogP contribution is 2.57. The number of hydrogen-bond donors (Lipinski definition) is 0. The molecule has 0 aromatic rings. The van der Waals surface area contributed by atoms with Gasteiger partial charge >= 0.3 is 0 Å². The summed E-state index contributed by atoms with van der Waals surface area (Å²) in [5, 5.41) is -0.0229. The molecule has 2 aliphatic carbocycles. The Kier molecular flexibility index (Phi) is 1.65. The van der Waals surface area contributed by atoms with Crippen LogP contribution >= 0.6 is 0 Å². The molecule has 1 heterocycles. The molecule has 2 atom stereocenters. The minimum Gasteiger partial charge on any atom is -0.212 e. The van der Waals surface area contributed by atoms with Crippen molar-refractivity contribution in [2.24, 2.45) is 5.92 Å². The topological polar surface area (TPSA) is 37.4 Å². The molecule has 1 saturated heterocycles. The molecule has 0 N–H and O–H groups in total. The first-order valence-electron chi connectivity index (χ1n) is 5.59. The predicted octanol–water partition coefficient (Wildman–Crippen LogP) is 1.35. The minimum absolute atomic E-state index is 0.0229. The second-order valence-electron chi connectivity index (χ2n) is 5.13. The lowest BCUT2D eigenvalue weighted by atomic mass is 10.2. The summed E-state index contributed by atoms with van der Waals surface area (Å²) in [6.07, 6.45) is 5.04. The Morgan fingerprint density at radius 2 is 2.00 bits per heavy atom. The largest absolute Gasteiger partial charge is 0.217 e. The fourth-order valence-electron chi connectivity index (χ4n) is 2.97. The van der Waals surface area contributed by atoms with Crippen LogP contribution in [0.2, 0.25) is 0 Å². The van der Waals surface area contributed by atoms with Crippen LogP contribution in [-0.2, 0) is 10.0 Å². The van der Waals surface area contributed by atoms with Crippen molar-refractivity contribution in [3.05, 3.63) is 0 Å². The zero-order valence-corrected chi connectivity index (χ0v) is 9.39. The van der Waals surface area contributed by atoms with Gasteiger partial charge in [0.1, 0.15) is 0 Å². The van der Waals surface area contributed by atoms with E-state index >= 15 is 0 Å². The minimum atomic E-state index is -2.91. The van der Waals surface area contributed by atoms with Crippen LogP contribution in [0.4, 0.5) is 0 Å². The van der Waals surface area contributed by atoms with E-state index < -0.39 is 10.0 Å². The van der Waals surface area contributed by atoms with E-state index in [1.807, 2.05) is 4.31 Å². The van der Waals surface area contributed by atoms with E-state index in [-0.39, 0.29) is 10.8 Å². The molecule has 0 amide bonds. The van der Waals surface area contributed by atoms with Crippen LogP contribution in [0.25, 0.3) is 0 Å². The van der Waals surface area contributed by atoms with Crippen LogP contribution in [0.15, 0.2) is 0 Å². The maximum Gasteiger partial charge on any atom is 0.217 e. The van der Waals surface area contributed by atoms with Crippen LogP contribution in [0, 0.1) is 5.92 Å². The van der Waals surface area contributed by atoms with Gasteiger partial charge in [-0.15, -0.1) is 0 Å². The quantitative estimate of drug-likeness (QED) is 0.697. The molecule has 3 fully saturated rings. The van der Waals surface area contributed by atoms with Gasteiger partial charge in [-0.25, -0.2) is 8.42 Å². The molecular formula is C10H17NO2S. The molecular weight excluding hydrogens is 198 g/mol. The van der Waals surface area contributed by atoms with E-state index in [1.165, 1.54) is 0 Å². The first kappa shape index (κ1) is 9.16. The van der Waals surface area contributed by atoms with Gasteiger partial charge in [-0.3, -0.25) is 0 Å². The summed E-state index contributed by atoms with van der Waals surface area (Å²) in [5.41, 5.74) is 0.0709. The van der Waals surface area contributed by atoms with Crippen molar-refractivity contribution < 1.29 is 8.42 Å². The molecule has 80 valence electrons. The Bertz CT molecular complexity index is 360. The van der Waals surface area contributed by atoms with Crippen molar-refractivity contribution in [1.29, 1.82) is 0 Å². The molecule has 3 rings (SSSR count). The van der Waals surface area contributed by atoms with Gasteiger partial charge in [0.05, 0.1) is 5.25 Å². The number of rotatable bonds is 2. The molecule has 0 radical (unpaired) electrons. The zero-order chi connectivity index (χ0) is 9.97. The van der Waals surface area contributed by atoms with Crippen molar-refractivity contribution in [1.82, 2.24) is 4.31 Å². The van der Waals surface area contributed by atoms with Crippen molar-refractivity contribution in [3.8, 4) is 0 Å². The molecule has 3 aliphatic rings. The summed E-state index contributed by atoms with van der Waals surface area (Å²) in [6, 6.07) is 0. The lowest BCUT2D eigenvalue weighted by Crippen LogP contribution is -2.40.